The van der Waals surface area contributed by atoms with E-state index in [0.29, 0.717) is 15.1 Å². The molecule has 0 spiro atoms. The molecule has 1 amide bonds. The lowest BCUT2D eigenvalue weighted by Gasteiger charge is -2.13. The first-order valence-corrected chi connectivity index (χ1v) is 6.89. The highest BCUT2D eigenvalue weighted by Crippen LogP contribution is 2.26. The van der Waals surface area contributed by atoms with Crippen LogP contribution in [0, 0.1) is 0 Å². The van der Waals surface area contributed by atoms with Gasteiger partial charge >= 0.3 is 0 Å². The third-order valence-corrected chi connectivity index (χ3v) is 4.06. The second kappa shape index (κ2) is 5.75. The highest BCUT2D eigenvalue weighted by atomic mass is 79.9. The summed E-state index contributed by atoms with van der Waals surface area (Å²) in [6.45, 7) is 1.90. The number of hydrogen-bond donors (Lipinski definition) is 1. The second-order valence-electron chi connectivity index (χ2n) is 4.24. The van der Waals surface area contributed by atoms with Crippen LogP contribution in [0.25, 0.3) is 0 Å². The number of carbonyl (C=O) groups excluding carboxylic acids is 1. The predicted octanol–water partition coefficient (Wildman–Crippen LogP) is 3.33. The predicted molar refractivity (Wildman–Crippen MR) is 78.2 cm³/mol. The van der Waals surface area contributed by atoms with Gasteiger partial charge in [-0.05, 0) is 35.0 Å². The third kappa shape index (κ3) is 3.16. The van der Waals surface area contributed by atoms with E-state index in [1.807, 2.05) is 20.2 Å². The summed E-state index contributed by atoms with van der Waals surface area (Å²) in [4.78, 5) is 12.2. The maximum Gasteiger partial charge on any atom is 0.253 e. The first-order valence-electron chi connectivity index (χ1n) is 5.72. The molecule has 0 fully saturated rings. The largest absolute Gasteiger partial charge is 0.345 e. The van der Waals surface area contributed by atoms with Crippen LogP contribution in [-0.2, 0) is 7.05 Å². The minimum atomic E-state index is -0.206. The Balaban J connectivity index is 2.15. The van der Waals surface area contributed by atoms with Crippen LogP contribution in [0.15, 0.2) is 35.1 Å². The highest BCUT2D eigenvalue weighted by Gasteiger charge is 2.16. The topological polar surface area (TPSA) is 46.9 Å². The summed E-state index contributed by atoms with van der Waals surface area (Å²) in [5, 5.41) is 7.39. The van der Waals surface area contributed by atoms with Crippen LogP contribution in [0.4, 0.5) is 0 Å². The summed E-state index contributed by atoms with van der Waals surface area (Å²) in [6.07, 6.45) is 3.60. The van der Waals surface area contributed by atoms with E-state index in [-0.39, 0.29) is 11.9 Å². The number of aryl methyl sites for hydroxylation is 1. The molecule has 0 aliphatic heterocycles. The summed E-state index contributed by atoms with van der Waals surface area (Å²) in [5.41, 5.74) is 1.40. The number of nitrogens with one attached hydrogen (secondary N) is 1. The Kier molecular flexibility index (Phi) is 4.27. The molecule has 4 nitrogen and oxygen atoms in total. The Bertz CT molecular complexity index is 612. The Morgan fingerprint density at radius 2 is 2.26 bits per heavy atom. The van der Waals surface area contributed by atoms with Crippen LogP contribution < -0.4 is 5.32 Å². The molecular formula is C13H13BrClN3O. The fourth-order valence-corrected chi connectivity index (χ4v) is 2.28. The molecule has 2 aromatic rings. The van der Waals surface area contributed by atoms with E-state index >= 15 is 0 Å². The first-order chi connectivity index (χ1) is 8.99. The molecule has 0 unspecified atom stereocenters. The van der Waals surface area contributed by atoms with E-state index < -0.39 is 0 Å². The van der Waals surface area contributed by atoms with E-state index in [0.717, 1.165) is 5.56 Å². The van der Waals surface area contributed by atoms with E-state index in [1.165, 1.54) is 0 Å². The molecule has 100 valence electrons. The van der Waals surface area contributed by atoms with Crippen LogP contribution in [0.2, 0.25) is 5.02 Å². The Hall–Kier alpha value is -1.33. The van der Waals surface area contributed by atoms with Crippen LogP contribution in [0.1, 0.15) is 28.9 Å². The number of carbonyl (C=O) groups is 1. The molecule has 0 bridgehead atoms. The van der Waals surface area contributed by atoms with E-state index in [4.69, 9.17) is 11.6 Å². The lowest BCUT2D eigenvalue weighted by Crippen LogP contribution is -2.26. The van der Waals surface area contributed by atoms with Gasteiger partial charge in [-0.3, -0.25) is 9.48 Å². The van der Waals surface area contributed by atoms with Crippen LogP contribution in [-0.4, -0.2) is 15.7 Å². The van der Waals surface area contributed by atoms with Gasteiger partial charge in [0.2, 0.25) is 0 Å². The molecule has 0 aliphatic carbocycles. The van der Waals surface area contributed by atoms with Crippen molar-refractivity contribution in [3.63, 3.8) is 0 Å². The number of hydrogen-bond acceptors (Lipinski definition) is 2. The molecule has 1 heterocycles. The SMILES string of the molecule is C[C@H](NC(=O)c1cccc(Br)c1Cl)c1cnn(C)c1. The maximum absolute atomic E-state index is 12.2. The normalized spacial score (nSPS) is 12.2. The van der Waals surface area contributed by atoms with Gasteiger partial charge in [0.15, 0.2) is 0 Å². The number of rotatable bonds is 3. The zero-order valence-corrected chi connectivity index (χ0v) is 12.9. The molecule has 19 heavy (non-hydrogen) atoms. The zero-order chi connectivity index (χ0) is 14.0. The minimum Gasteiger partial charge on any atom is -0.345 e. The molecule has 0 radical (unpaired) electrons. The van der Waals surface area contributed by atoms with Crippen molar-refractivity contribution in [1.29, 1.82) is 0 Å². The monoisotopic (exact) mass is 341 g/mol. The van der Waals surface area contributed by atoms with Gasteiger partial charge < -0.3 is 5.32 Å². The molecule has 6 heteroatoms. The number of halogens is 2. The number of nitrogens with zero attached hydrogens (tertiary/aromatic N) is 2. The Morgan fingerprint density at radius 1 is 1.53 bits per heavy atom. The quantitative estimate of drug-likeness (QED) is 0.930. The molecule has 1 atom stereocenters. The van der Waals surface area contributed by atoms with Crippen molar-refractivity contribution in [1.82, 2.24) is 15.1 Å². The van der Waals surface area contributed by atoms with Crippen molar-refractivity contribution in [2.75, 3.05) is 0 Å². The Labute approximate surface area is 124 Å². The van der Waals surface area contributed by atoms with Crippen molar-refractivity contribution in [3.8, 4) is 0 Å². The summed E-state index contributed by atoms with van der Waals surface area (Å²) in [7, 11) is 1.84. The molecule has 2 rings (SSSR count). The maximum atomic E-state index is 12.2. The van der Waals surface area contributed by atoms with Gasteiger partial charge in [-0.1, -0.05) is 17.7 Å². The summed E-state index contributed by atoms with van der Waals surface area (Å²) < 4.78 is 2.40. The van der Waals surface area contributed by atoms with Gasteiger partial charge in [-0.15, -0.1) is 0 Å². The van der Waals surface area contributed by atoms with Crippen LogP contribution in [0.5, 0.6) is 0 Å². The fourth-order valence-electron chi connectivity index (χ4n) is 1.70. The van der Waals surface area contributed by atoms with Crippen LogP contribution >= 0.6 is 27.5 Å². The molecular weight excluding hydrogens is 330 g/mol. The second-order valence-corrected chi connectivity index (χ2v) is 5.48. The number of benzene rings is 1. The van der Waals surface area contributed by atoms with E-state index in [2.05, 4.69) is 26.3 Å². The average molecular weight is 343 g/mol. The van der Waals surface area contributed by atoms with Crippen molar-refractivity contribution in [2.24, 2.45) is 7.05 Å². The molecule has 1 aromatic carbocycles. The summed E-state index contributed by atoms with van der Waals surface area (Å²) in [6, 6.07) is 5.14. The van der Waals surface area contributed by atoms with E-state index in [9.17, 15) is 4.79 Å². The standard InChI is InChI=1S/C13H13BrClN3O/c1-8(9-6-16-18(2)7-9)17-13(19)10-4-3-5-11(14)12(10)15/h3-8H,1-2H3,(H,17,19)/t8-/m0/s1. The lowest BCUT2D eigenvalue weighted by molar-refractivity contribution is 0.0940. The van der Waals surface area contributed by atoms with Crippen molar-refractivity contribution in [2.45, 2.75) is 13.0 Å². The van der Waals surface area contributed by atoms with Gasteiger partial charge in [0.25, 0.3) is 5.91 Å². The van der Waals surface area contributed by atoms with Gasteiger partial charge in [-0.25, -0.2) is 0 Å². The number of amides is 1. The highest BCUT2D eigenvalue weighted by molar-refractivity contribution is 9.10. The van der Waals surface area contributed by atoms with Crippen LogP contribution in [0.3, 0.4) is 0 Å². The molecule has 1 aromatic heterocycles. The van der Waals surface area contributed by atoms with Gasteiger partial charge in [0.05, 0.1) is 22.8 Å². The first kappa shape index (κ1) is 14.1. The zero-order valence-electron chi connectivity index (χ0n) is 10.5. The van der Waals surface area contributed by atoms with Crippen molar-refractivity contribution in [3.05, 3.63) is 51.2 Å². The van der Waals surface area contributed by atoms with Crippen molar-refractivity contribution < 1.29 is 4.79 Å². The summed E-state index contributed by atoms with van der Waals surface area (Å²) >= 11 is 9.40. The Morgan fingerprint density at radius 3 is 2.89 bits per heavy atom. The molecule has 0 saturated heterocycles. The lowest BCUT2D eigenvalue weighted by atomic mass is 10.1. The van der Waals surface area contributed by atoms with Gasteiger partial charge in [0.1, 0.15) is 0 Å². The summed E-state index contributed by atoms with van der Waals surface area (Å²) in [5.74, 6) is -0.206. The smallest absolute Gasteiger partial charge is 0.253 e. The number of aromatic nitrogens is 2. The van der Waals surface area contributed by atoms with Gasteiger partial charge in [0, 0.05) is 23.3 Å². The molecule has 0 saturated carbocycles. The van der Waals surface area contributed by atoms with E-state index in [1.54, 1.807) is 29.1 Å². The molecule has 0 aliphatic rings. The minimum absolute atomic E-state index is 0.128. The third-order valence-electron chi connectivity index (χ3n) is 2.77. The average Bonchev–Trinajstić information content (AvgIpc) is 2.79. The van der Waals surface area contributed by atoms with Crippen molar-refractivity contribution >= 4 is 33.4 Å². The van der Waals surface area contributed by atoms with Gasteiger partial charge in [-0.2, -0.15) is 5.10 Å². The fraction of sp³-hybridized carbons (Fsp3) is 0.231. The molecule has 1 N–H and O–H groups in total.